The third kappa shape index (κ3) is 4.25. The van der Waals surface area contributed by atoms with Crippen molar-refractivity contribution in [3.63, 3.8) is 0 Å². The van der Waals surface area contributed by atoms with Gasteiger partial charge in [-0.2, -0.15) is 0 Å². The molecule has 4 aromatic rings. The van der Waals surface area contributed by atoms with Crippen molar-refractivity contribution in [2.45, 2.75) is 22.2 Å². The van der Waals surface area contributed by atoms with Gasteiger partial charge in [-0.15, -0.1) is 23.2 Å². The summed E-state index contributed by atoms with van der Waals surface area (Å²) in [5.41, 5.74) is 3.64. The molecule has 1 saturated heterocycles. The molecule has 0 saturated carbocycles. The van der Waals surface area contributed by atoms with E-state index in [-0.39, 0.29) is 6.42 Å². The Morgan fingerprint density at radius 3 is 1.78 bits per heavy atom. The van der Waals surface area contributed by atoms with Crippen LogP contribution in [-0.2, 0) is 35.3 Å². The number of Topliss-reactive ketones (excluding diaryl/α,β-unsaturated/α-hetero) is 1. The molecule has 0 aromatic heterocycles. The molecule has 1 aliphatic heterocycles. The number of alkyl halides is 2. The molecule has 7 nitrogen and oxygen atoms in total. The number of hydrogen-bond acceptors (Lipinski definition) is 6. The first-order chi connectivity index (χ1) is 21.7. The molecule has 226 valence electrons. The summed E-state index contributed by atoms with van der Waals surface area (Å²) in [7, 11) is 1.48. The van der Waals surface area contributed by atoms with E-state index in [2.05, 4.69) is 0 Å². The van der Waals surface area contributed by atoms with Crippen LogP contribution in [0.15, 0.2) is 103 Å². The predicted octanol–water partition coefficient (Wildman–Crippen LogP) is 5.63. The number of rotatable bonds is 8. The van der Waals surface area contributed by atoms with Crippen molar-refractivity contribution in [2.24, 2.45) is 11.8 Å². The van der Waals surface area contributed by atoms with Gasteiger partial charge in [0.1, 0.15) is 21.5 Å². The first kappa shape index (κ1) is 29.3. The number of esters is 1. The van der Waals surface area contributed by atoms with Gasteiger partial charge in [0.2, 0.25) is 11.8 Å². The minimum atomic E-state index is -1.39. The topological polar surface area (TPSA) is 90.0 Å². The SMILES string of the molecule is COc1cccc(C(=O)COC(=O)[C@@H](Cc2ccccc2)N2C(=O)[C@@H]3[C@H](C2=O)C2(Cl)c4ccccc4C3(Cl)c3ccccc32)c1. The summed E-state index contributed by atoms with van der Waals surface area (Å²) in [6.07, 6.45) is -0.0194. The molecule has 45 heavy (non-hydrogen) atoms. The van der Waals surface area contributed by atoms with Gasteiger partial charge in [0.05, 0.1) is 18.9 Å². The van der Waals surface area contributed by atoms with Gasteiger partial charge in [0.15, 0.2) is 12.4 Å². The van der Waals surface area contributed by atoms with Crippen LogP contribution in [0, 0.1) is 11.8 Å². The molecule has 3 atom stereocenters. The molecular formula is C36H27Cl2NO6. The number of benzene rings is 4. The first-order valence-corrected chi connectivity index (χ1v) is 15.3. The van der Waals surface area contributed by atoms with Gasteiger partial charge in [-0.1, -0.05) is 91.0 Å². The van der Waals surface area contributed by atoms with Crippen LogP contribution < -0.4 is 4.74 Å². The number of ether oxygens (including phenoxy) is 2. The maximum atomic E-state index is 14.5. The number of ketones is 1. The molecule has 2 bridgehead atoms. The molecule has 9 heteroatoms. The Balaban J connectivity index is 1.27. The molecule has 0 radical (unpaired) electrons. The second-order valence-corrected chi connectivity index (χ2v) is 12.7. The zero-order valence-electron chi connectivity index (χ0n) is 24.1. The quantitative estimate of drug-likeness (QED) is 0.108. The molecule has 1 heterocycles. The van der Waals surface area contributed by atoms with E-state index in [1.54, 1.807) is 48.5 Å². The second kappa shape index (κ2) is 10.9. The van der Waals surface area contributed by atoms with Gasteiger partial charge in [-0.3, -0.25) is 19.3 Å². The van der Waals surface area contributed by atoms with Crippen LogP contribution >= 0.6 is 23.2 Å². The highest BCUT2D eigenvalue weighted by Gasteiger charge is 2.73. The van der Waals surface area contributed by atoms with Crippen LogP contribution in [0.5, 0.6) is 5.75 Å². The molecule has 0 N–H and O–H groups in total. The van der Waals surface area contributed by atoms with Gasteiger partial charge >= 0.3 is 5.97 Å². The number of amides is 2. The zero-order chi connectivity index (χ0) is 31.5. The maximum absolute atomic E-state index is 14.5. The molecule has 0 spiro atoms. The van der Waals surface area contributed by atoms with E-state index >= 15 is 0 Å². The number of imide groups is 1. The van der Waals surface area contributed by atoms with E-state index in [1.165, 1.54) is 7.11 Å². The molecule has 8 rings (SSSR count). The first-order valence-electron chi connectivity index (χ1n) is 14.5. The molecule has 3 aliphatic carbocycles. The van der Waals surface area contributed by atoms with Gasteiger partial charge in [-0.05, 0) is 39.9 Å². The summed E-state index contributed by atoms with van der Waals surface area (Å²) in [6.45, 7) is -0.587. The smallest absolute Gasteiger partial charge is 0.330 e. The zero-order valence-corrected chi connectivity index (χ0v) is 25.6. The number of hydrogen-bond donors (Lipinski definition) is 0. The molecule has 0 unspecified atom stereocenters. The van der Waals surface area contributed by atoms with Crippen LogP contribution in [-0.4, -0.2) is 48.2 Å². The average Bonchev–Trinajstić information content (AvgIpc) is 3.35. The van der Waals surface area contributed by atoms with Crippen molar-refractivity contribution in [1.82, 2.24) is 4.90 Å². The number of likely N-dealkylation sites (tertiary alicyclic amines) is 1. The number of nitrogens with zero attached hydrogens (tertiary/aromatic N) is 1. The minimum absolute atomic E-state index is 0.0194. The lowest BCUT2D eigenvalue weighted by atomic mass is 9.54. The van der Waals surface area contributed by atoms with E-state index in [0.717, 1.165) is 4.90 Å². The standard InChI is InChI=1S/C36H27Cl2NO6/c1-44-23-13-9-12-22(19-23)29(40)20-45-34(43)28(18-21-10-3-2-4-11-21)39-32(41)30-31(33(39)42)36(38)25-15-6-5-14-24(25)35(30,37)26-16-7-8-17-27(26)36/h2-17,19,28,30-31H,18,20H2,1H3/t28-,30-,31+,35?,36?/m1/s1. The highest BCUT2D eigenvalue weighted by molar-refractivity contribution is 6.36. The van der Waals surface area contributed by atoms with Crippen LogP contribution in [0.3, 0.4) is 0 Å². The van der Waals surface area contributed by atoms with E-state index in [9.17, 15) is 19.2 Å². The Kier molecular flexibility index (Phi) is 7.06. The lowest BCUT2D eigenvalue weighted by Gasteiger charge is -2.54. The predicted molar refractivity (Wildman–Crippen MR) is 167 cm³/mol. The van der Waals surface area contributed by atoms with E-state index < -0.39 is 57.8 Å². The summed E-state index contributed by atoms with van der Waals surface area (Å²) >= 11 is 15.1. The van der Waals surface area contributed by atoms with Crippen molar-refractivity contribution < 1.29 is 28.7 Å². The molecule has 4 aromatic carbocycles. The minimum Gasteiger partial charge on any atom is -0.497 e. The molecular weight excluding hydrogens is 613 g/mol. The number of carbonyl (C=O) groups excluding carboxylic acids is 4. The fraction of sp³-hybridized carbons (Fsp3) is 0.222. The van der Waals surface area contributed by atoms with E-state index in [4.69, 9.17) is 32.7 Å². The Bertz CT molecular complexity index is 1750. The number of methoxy groups -OCH3 is 1. The Morgan fingerprint density at radius 2 is 1.27 bits per heavy atom. The second-order valence-electron chi connectivity index (χ2n) is 11.5. The third-order valence-electron chi connectivity index (χ3n) is 9.21. The summed E-state index contributed by atoms with van der Waals surface area (Å²) in [4.78, 5) is 54.1. The Morgan fingerprint density at radius 1 is 0.756 bits per heavy atom. The highest BCUT2D eigenvalue weighted by atomic mass is 35.5. The summed E-state index contributed by atoms with van der Waals surface area (Å²) < 4.78 is 10.7. The van der Waals surface area contributed by atoms with Gasteiger partial charge in [0, 0.05) is 12.0 Å². The van der Waals surface area contributed by atoms with Gasteiger partial charge in [0.25, 0.3) is 0 Å². The van der Waals surface area contributed by atoms with Crippen molar-refractivity contribution in [3.05, 3.63) is 137 Å². The summed E-state index contributed by atoms with van der Waals surface area (Å²) in [6, 6.07) is 28.8. The lowest BCUT2D eigenvalue weighted by Crippen LogP contribution is -2.57. The van der Waals surface area contributed by atoms with E-state index in [0.29, 0.717) is 39.1 Å². The highest BCUT2D eigenvalue weighted by Crippen LogP contribution is 2.69. The Labute approximate surface area is 269 Å². The largest absolute Gasteiger partial charge is 0.497 e. The number of carbonyl (C=O) groups is 4. The summed E-state index contributed by atoms with van der Waals surface area (Å²) in [5, 5.41) is 0. The fourth-order valence-corrected chi connectivity index (χ4v) is 8.32. The van der Waals surface area contributed by atoms with Crippen molar-refractivity contribution in [3.8, 4) is 5.75 Å². The van der Waals surface area contributed by atoms with E-state index in [1.807, 2.05) is 54.6 Å². The fourth-order valence-electron chi connectivity index (χ4n) is 7.23. The van der Waals surface area contributed by atoms with Gasteiger partial charge < -0.3 is 9.47 Å². The van der Waals surface area contributed by atoms with Gasteiger partial charge in [-0.25, -0.2) is 4.79 Å². The Hall–Kier alpha value is -4.46. The van der Waals surface area contributed by atoms with Crippen LogP contribution in [0.1, 0.15) is 38.2 Å². The van der Waals surface area contributed by atoms with Crippen molar-refractivity contribution in [2.75, 3.05) is 13.7 Å². The monoisotopic (exact) mass is 639 g/mol. The normalized spacial score (nSPS) is 24.8. The lowest BCUT2D eigenvalue weighted by molar-refractivity contribution is -0.158. The maximum Gasteiger partial charge on any atom is 0.330 e. The van der Waals surface area contributed by atoms with Crippen LogP contribution in [0.2, 0.25) is 0 Å². The summed E-state index contributed by atoms with van der Waals surface area (Å²) in [5.74, 6) is -4.22. The third-order valence-corrected chi connectivity index (χ3v) is 10.5. The van der Waals surface area contributed by atoms with Crippen LogP contribution in [0.25, 0.3) is 0 Å². The molecule has 1 fully saturated rings. The molecule has 4 aliphatic rings. The number of halogens is 2. The molecule has 2 amide bonds. The van der Waals surface area contributed by atoms with Crippen molar-refractivity contribution >= 4 is 46.8 Å². The van der Waals surface area contributed by atoms with Crippen molar-refractivity contribution in [1.29, 1.82) is 0 Å². The average molecular weight is 641 g/mol. The van der Waals surface area contributed by atoms with Crippen LogP contribution in [0.4, 0.5) is 0 Å².